The van der Waals surface area contributed by atoms with Crippen molar-refractivity contribution in [2.45, 2.75) is 37.9 Å². The van der Waals surface area contributed by atoms with Gasteiger partial charge >= 0.3 is 0 Å². The van der Waals surface area contributed by atoms with Gasteiger partial charge in [-0.2, -0.15) is 0 Å². The van der Waals surface area contributed by atoms with Crippen LogP contribution in [0, 0.1) is 6.92 Å². The minimum atomic E-state index is -1.73. The monoisotopic (exact) mass is 330 g/mol. The molecule has 0 unspecified atom stereocenters. The van der Waals surface area contributed by atoms with E-state index in [4.69, 9.17) is 5.11 Å². The van der Waals surface area contributed by atoms with Crippen molar-refractivity contribution in [1.29, 1.82) is 0 Å². The van der Waals surface area contributed by atoms with Gasteiger partial charge in [-0.05, 0) is 6.92 Å². The second-order valence-corrected chi connectivity index (χ2v) is 5.08. The Bertz CT molecular complexity index is 538. The molecule has 1 aromatic heterocycles. The van der Waals surface area contributed by atoms with E-state index in [1.165, 1.54) is 12.4 Å². The molecule has 130 valence electrons. The van der Waals surface area contributed by atoms with Gasteiger partial charge in [-0.1, -0.05) is 0 Å². The Morgan fingerprint density at radius 1 is 1.13 bits per heavy atom. The molecule has 1 aromatic rings. The minimum absolute atomic E-state index is 0.161. The summed E-state index contributed by atoms with van der Waals surface area (Å²) < 4.78 is 0. The fourth-order valence-corrected chi connectivity index (χ4v) is 1.85. The van der Waals surface area contributed by atoms with Crippen molar-refractivity contribution in [2.24, 2.45) is 4.99 Å². The predicted octanol–water partition coefficient (Wildman–Crippen LogP) is -2.56. The Kier molecular flexibility index (Phi) is 7.49. The van der Waals surface area contributed by atoms with Crippen molar-refractivity contribution < 1.29 is 35.7 Å². The number of aromatic nitrogens is 1. The van der Waals surface area contributed by atoms with Gasteiger partial charge in [-0.15, -0.1) is 0 Å². The van der Waals surface area contributed by atoms with Crippen LogP contribution in [0.15, 0.2) is 11.2 Å². The van der Waals surface area contributed by atoms with Gasteiger partial charge in [0.25, 0.3) is 0 Å². The van der Waals surface area contributed by atoms with Crippen LogP contribution in [0.3, 0.4) is 0 Å². The number of hydrogen-bond acceptors (Lipinski definition) is 9. The van der Waals surface area contributed by atoms with Crippen molar-refractivity contribution in [3.63, 3.8) is 0 Å². The van der Waals surface area contributed by atoms with Gasteiger partial charge in [0.2, 0.25) is 0 Å². The molecule has 7 N–H and O–H groups in total. The lowest BCUT2D eigenvalue weighted by Gasteiger charge is -2.24. The van der Waals surface area contributed by atoms with Crippen LogP contribution in [0.25, 0.3) is 0 Å². The van der Waals surface area contributed by atoms with E-state index >= 15 is 0 Å². The summed E-state index contributed by atoms with van der Waals surface area (Å²) in [5, 5.41) is 65.8. The number of aliphatic hydroxyl groups excluding tert-OH is 6. The molecule has 1 heterocycles. The van der Waals surface area contributed by atoms with Gasteiger partial charge in [0.05, 0.1) is 25.5 Å². The van der Waals surface area contributed by atoms with Crippen LogP contribution in [0.1, 0.15) is 16.8 Å². The largest absolute Gasteiger partial charge is 0.505 e. The van der Waals surface area contributed by atoms with E-state index in [-0.39, 0.29) is 24.5 Å². The minimum Gasteiger partial charge on any atom is -0.505 e. The summed E-state index contributed by atoms with van der Waals surface area (Å²) in [7, 11) is 0. The zero-order valence-electron chi connectivity index (χ0n) is 12.6. The van der Waals surface area contributed by atoms with Crippen molar-refractivity contribution in [1.82, 2.24) is 4.98 Å². The average molecular weight is 330 g/mol. The molecule has 0 bridgehead atoms. The second kappa shape index (κ2) is 8.87. The van der Waals surface area contributed by atoms with Crippen LogP contribution < -0.4 is 0 Å². The standard InChI is InChI=1S/C14H22N2O7/c1-7-12(21)9(8(5-17)2-16-7)3-15-4-10(19)13(22)14(23)11(20)6-18/h2-3,10-11,13-14,17-23H,4-6H2,1H3/t10-,11+,13+,14+/m0/s1. The van der Waals surface area contributed by atoms with Gasteiger partial charge in [-0.25, -0.2) is 0 Å². The maximum Gasteiger partial charge on any atom is 0.145 e. The summed E-state index contributed by atoms with van der Waals surface area (Å²) in [6, 6.07) is 0. The van der Waals surface area contributed by atoms with Crippen LogP contribution in [0.2, 0.25) is 0 Å². The number of hydrogen-bond donors (Lipinski definition) is 7. The van der Waals surface area contributed by atoms with E-state index < -0.39 is 31.0 Å². The number of aryl methyl sites for hydroxylation is 1. The fraction of sp³-hybridized carbons (Fsp3) is 0.571. The highest BCUT2D eigenvalue weighted by atomic mass is 16.4. The number of aliphatic hydroxyl groups is 6. The molecule has 0 saturated heterocycles. The molecule has 23 heavy (non-hydrogen) atoms. The van der Waals surface area contributed by atoms with E-state index in [0.717, 1.165) is 0 Å². The molecular weight excluding hydrogens is 308 g/mol. The molecule has 0 radical (unpaired) electrons. The Morgan fingerprint density at radius 2 is 1.74 bits per heavy atom. The SMILES string of the molecule is Cc1ncc(CO)c(C=NC[C@H](O)[C@@H](O)[C@H](O)[C@H](O)CO)c1O. The normalized spacial score (nSPS) is 17.2. The number of aliphatic imine (C=N–C) groups is 1. The summed E-state index contributed by atoms with van der Waals surface area (Å²) in [6.07, 6.45) is -3.93. The number of pyridine rings is 1. The molecule has 9 nitrogen and oxygen atoms in total. The first-order chi connectivity index (χ1) is 10.8. The first-order valence-corrected chi connectivity index (χ1v) is 6.94. The van der Waals surface area contributed by atoms with Crippen molar-refractivity contribution >= 4 is 6.21 Å². The molecule has 0 aliphatic heterocycles. The van der Waals surface area contributed by atoms with E-state index in [0.29, 0.717) is 11.3 Å². The summed E-state index contributed by atoms with van der Waals surface area (Å²) in [5.74, 6) is -0.161. The van der Waals surface area contributed by atoms with E-state index in [1.807, 2.05) is 0 Å². The first kappa shape index (κ1) is 19.4. The number of nitrogens with zero attached hydrogens (tertiary/aromatic N) is 2. The zero-order valence-corrected chi connectivity index (χ0v) is 12.6. The van der Waals surface area contributed by atoms with Crippen molar-refractivity contribution in [3.8, 4) is 5.75 Å². The van der Waals surface area contributed by atoms with Crippen LogP contribution in [-0.2, 0) is 6.61 Å². The highest BCUT2D eigenvalue weighted by Gasteiger charge is 2.29. The molecule has 9 heteroatoms. The quantitative estimate of drug-likeness (QED) is 0.256. The maximum atomic E-state index is 9.90. The average Bonchev–Trinajstić information content (AvgIpc) is 2.56. The van der Waals surface area contributed by atoms with Crippen LogP contribution in [0.4, 0.5) is 0 Å². The highest BCUT2D eigenvalue weighted by molar-refractivity contribution is 5.85. The molecule has 4 atom stereocenters. The lowest BCUT2D eigenvalue weighted by Crippen LogP contribution is -2.46. The van der Waals surface area contributed by atoms with Crippen LogP contribution >= 0.6 is 0 Å². The summed E-state index contributed by atoms with van der Waals surface area (Å²) >= 11 is 0. The molecule has 0 spiro atoms. The number of rotatable bonds is 8. The second-order valence-electron chi connectivity index (χ2n) is 5.08. The first-order valence-electron chi connectivity index (χ1n) is 6.94. The fourth-order valence-electron chi connectivity index (χ4n) is 1.85. The third-order valence-corrected chi connectivity index (χ3v) is 3.37. The smallest absolute Gasteiger partial charge is 0.145 e. The molecule has 0 aliphatic carbocycles. The molecular formula is C14H22N2O7. The molecule has 0 aliphatic rings. The van der Waals surface area contributed by atoms with Gasteiger partial charge in [0.15, 0.2) is 0 Å². The van der Waals surface area contributed by atoms with Crippen molar-refractivity contribution in [3.05, 3.63) is 23.0 Å². The topological polar surface area (TPSA) is 167 Å². The lowest BCUT2D eigenvalue weighted by molar-refractivity contribution is -0.112. The summed E-state index contributed by atoms with van der Waals surface area (Å²) in [5.41, 5.74) is 0.908. The zero-order chi connectivity index (χ0) is 17.6. The Morgan fingerprint density at radius 3 is 2.30 bits per heavy atom. The van der Waals surface area contributed by atoms with Crippen LogP contribution in [-0.4, -0.2) is 84.5 Å². The Balaban J connectivity index is 2.78. The van der Waals surface area contributed by atoms with E-state index in [1.54, 1.807) is 6.92 Å². The van der Waals surface area contributed by atoms with E-state index in [2.05, 4.69) is 9.98 Å². The van der Waals surface area contributed by atoms with Gasteiger partial charge < -0.3 is 35.7 Å². The molecule has 0 aromatic carbocycles. The number of aromatic hydroxyl groups is 1. The summed E-state index contributed by atoms with van der Waals surface area (Å²) in [4.78, 5) is 7.74. The van der Waals surface area contributed by atoms with E-state index in [9.17, 15) is 30.6 Å². The molecule has 1 rings (SSSR count). The summed E-state index contributed by atoms with van der Waals surface area (Å²) in [6.45, 7) is 0.105. The molecule has 0 fully saturated rings. The van der Waals surface area contributed by atoms with Gasteiger partial charge in [0, 0.05) is 23.5 Å². The molecule has 0 amide bonds. The maximum absolute atomic E-state index is 9.90. The third-order valence-electron chi connectivity index (χ3n) is 3.37. The van der Waals surface area contributed by atoms with Crippen molar-refractivity contribution in [2.75, 3.05) is 13.2 Å². The van der Waals surface area contributed by atoms with Gasteiger partial charge in [-0.3, -0.25) is 9.98 Å². The Hall–Kier alpha value is -1.62. The molecule has 0 saturated carbocycles. The lowest BCUT2D eigenvalue weighted by atomic mass is 10.0. The predicted molar refractivity (Wildman–Crippen MR) is 80.1 cm³/mol. The third kappa shape index (κ3) is 4.93. The van der Waals surface area contributed by atoms with Crippen LogP contribution in [0.5, 0.6) is 5.75 Å². The highest BCUT2D eigenvalue weighted by Crippen LogP contribution is 2.22. The van der Waals surface area contributed by atoms with Gasteiger partial charge in [0.1, 0.15) is 30.2 Å². The Labute approximate surface area is 132 Å².